The van der Waals surface area contributed by atoms with Gasteiger partial charge in [-0.15, -0.1) is 5.10 Å². The topological polar surface area (TPSA) is 81.6 Å². The molecule has 0 radical (unpaired) electrons. The summed E-state index contributed by atoms with van der Waals surface area (Å²) in [5, 5.41) is 14.7. The Morgan fingerprint density at radius 2 is 2.22 bits per heavy atom. The highest BCUT2D eigenvalue weighted by Crippen LogP contribution is 2.24. The molecule has 6 nitrogen and oxygen atoms in total. The third kappa shape index (κ3) is 2.06. The lowest BCUT2D eigenvalue weighted by Gasteiger charge is -2.33. The molecule has 3 rings (SSSR count). The lowest BCUT2D eigenvalue weighted by Crippen LogP contribution is -2.44. The zero-order valence-electron chi connectivity index (χ0n) is 10.2. The molecule has 1 saturated carbocycles. The minimum atomic E-state index is 0.365. The predicted molar refractivity (Wildman–Crippen MR) is 68.5 cm³/mol. The summed E-state index contributed by atoms with van der Waals surface area (Å²) in [6.45, 7) is 2.05. The fraction of sp³-hybridized carbons (Fsp3) is 0.417. The molecule has 0 aliphatic heterocycles. The van der Waals surface area contributed by atoms with Gasteiger partial charge in [-0.3, -0.25) is 0 Å². The molecule has 0 saturated heterocycles. The van der Waals surface area contributed by atoms with Gasteiger partial charge in [0.25, 0.3) is 0 Å². The van der Waals surface area contributed by atoms with E-state index in [-0.39, 0.29) is 0 Å². The first kappa shape index (κ1) is 11.2. The van der Waals surface area contributed by atoms with Gasteiger partial charge >= 0.3 is 0 Å². The molecular weight excluding hydrogens is 228 g/mol. The number of nitrogens with two attached hydrogens (primary N) is 1. The number of anilines is 1. The molecule has 18 heavy (non-hydrogen) atoms. The van der Waals surface area contributed by atoms with Gasteiger partial charge in [0, 0.05) is 17.8 Å². The highest BCUT2D eigenvalue weighted by Gasteiger charge is 2.25. The van der Waals surface area contributed by atoms with Crippen LogP contribution in [0.2, 0.25) is 0 Å². The monoisotopic (exact) mass is 244 g/mol. The first-order valence-corrected chi connectivity index (χ1v) is 6.08. The molecular formula is C12H16N6. The molecule has 1 heterocycles. The van der Waals surface area contributed by atoms with Crippen LogP contribution in [0, 0.1) is 6.92 Å². The molecule has 1 aromatic carbocycles. The summed E-state index contributed by atoms with van der Waals surface area (Å²) in [5.74, 6) is 0. The normalized spacial score (nSPS) is 22.6. The Balaban J connectivity index is 1.77. The largest absolute Gasteiger partial charge is 0.382 e. The molecule has 0 unspecified atom stereocenters. The number of tetrazole rings is 1. The van der Waals surface area contributed by atoms with Crippen molar-refractivity contribution in [2.45, 2.75) is 31.8 Å². The van der Waals surface area contributed by atoms with Gasteiger partial charge in [0.15, 0.2) is 0 Å². The highest BCUT2D eigenvalue weighted by atomic mass is 15.5. The molecule has 1 aliphatic rings. The highest BCUT2D eigenvalue weighted by molar-refractivity contribution is 5.54. The van der Waals surface area contributed by atoms with Gasteiger partial charge in [-0.05, 0) is 54.0 Å². The maximum Gasteiger partial charge on any atom is 0.143 e. The first-order chi connectivity index (χ1) is 8.72. The van der Waals surface area contributed by atoms with E-state index in [2.05, 4.69) is 33.8 Å². The number of rotatable bonds is 3. The van der Waals surface area contributed by atoms with Gasteiger partial charge in [-0.25, -0.2) is 4.68 Å². The number of nitrogens with zero attached hydrogens (tertiary/aromatic N) is 4. The van der Waals surface area contributed by atoms with Crippen LogP contribution in [-0.4, -0.2) is 32.3 Å². The van der Waals surface area contributed by atoms with Crippen molar-refractivity contribution < 1.29 is 0 Å². The molecule has 1 fully saturated rings. The van der Waals surface area contributed by atoms with E-state index in [4.69, 9.17) is 5.73 Å². The SMILES string of the molecule is Cc1cc(NC2CC(N)C2)ccc1-n1cnnn1. The van der Waals surface area contributed by atoms with E-state index in [1.54, 1.807) is 11.0 Å². The van der Waals surface area contributed by atoms with Crippen LogP contribution in [0.3, 0.4) is 0 Å². The zero-order chi connectivity index (χ0) is 12.5. The first-order valence-electron chi connectivity index (χ1n) is 6.08. The smallest absolute Gasteiger partial charge is 0.143 e. The Morgan fingerprint density at radius 3 is 2.83 bits per heavy atom. The standard InChI is InChI=1S/C12H16N6/c1-8-4-10(15-11-5-9(13)6-11)2-3-12(8)18-7-14-16-17-18/h2-4,7,9,11,15H,5-6,13H2,1H3. The van der Waals surface area contributed by atoms with Gasteiger partial charge in [-0.2, -0.15) is 0 Å². The predicted octanol–water partition coefficient (Wildman–Crippen LogP) is 0.872. The van der Waals surface area contributed by atoms with E-state index in [9.17, 15) is 0 Å². The quantitative estimate of drug-likeness (QED) is 0.837. The average Bonchev–Trinajstić information content (AvgIpc) is 2.80. The Labute approximate surface area is 105 Å². The minimum absolute atomic E-state index is 0.365. The molecule has 6 heteroatoms. The summed E-state index contributed by atoms with van der Waals surface area (Å²) < 4.78 is 1.67. The van der Waals surface area contributed by atoms with Crippen molar-refractivity contribution in [3.05, 3.63) is 30.1 Å². The maximum absolute atomic E-state index is 5.78. The van der Waals surface area contributed by atoms with E-state index in [0.29, 0.717) is 12.1 Å². The van der Waals surface area contributed by atoms with Crippen molar-refractivity contribution in [1.82, 2.24) is 20.2 Å². The van der Waals surface area contributed by atoms with Crippen LogP contribution in [0.25, 0.3) is 5.69 Å². The number of hydrogen-bond donors (Lipinski definition) is 2. The number of aromatic nitrogens is 4. The lowest BCUT2D eigenvalue weighted by atomic mass is 9.87. The van der Waals surface area contributed by atoms with Gasteiger partial charge in [0.1, 0.15) is 6.33 Å². The van der Waals surface area contributed by atoms with Crippen molar-refractivity contribution in [1.29, 1.82) is 0 Å². The molecule has 1 aliphatic carbocycles. The van der Waals surface area contributed by atoms with E-state index in [1.165, 1.54) is 0 Å². The average molecular weight is 244 g/mol. The second-order valence-corrected chi connectivity index (χ2v) is 4.83. The van der Waals surface area contributed by atoms with Gasteiger partial charge in [0.2, 0.25) is 0 Å². The summed E-state index contributed by atoms with van der Waals surface area (Å²) in [4.78, 5) is 0. The van der Waals surface area contributed by atoms with E-state index in [1.807, 2.05) is 12.1 Å². The Hall–Kier alpha value is -1.95. The molecule has 1 aromatic heterocycles. The summed E-state index contributed by atoms with van der Waals surface area (Å²) in [6, 6.07) is 7.06. The third-order valence-electron chi connectivity index (χ3n) is 3.34. The Bertz CT molecular complexity index is 530. The van der Waals surface area contributed by atoms with E-state index < -0.39 is 0 Å². The molecule has 3 N–H and O–H groups in total. The van der Waals surface area contributed by atoms with Crippen molar-refractivity contribution in [3.63, 3.8) is 0 Å². The van der Waals surface area contributed by atoms with Gasteiger partial charge in [0.05, 0.1) is 5.69 Å². The number of aryl methyl sites for hydroxylation is 1. The van der Waals surface area contributed by atoms with Crippen LogP contribution in [-0.2, 0) is 0 Å². The minimum Gasteiger partial charge on any atom is -0.382 e. The Morgan fingerprint density at radius 1 is 1.39 bits per heavy atom. The van der Waals surface area contributed by atoms with Gasteiger partial charge in [-0.1, -0.05) is 0 Å². The van der Waals surface area contributed by atoms with Crippen molar-refractivity contribution in [2.75, 3.05) is 5.32 Å². The second kappa shape index (κ2) is 4.38. The fourth-order valence-corrected chi connectivity index (χ4v) is 2.29. The van der Waals surface area contributed by atoms with Crippen LogP contribution < -0.4 is 11.1 Å². The molecule has 94 valence electrons. The number of hydrogen-bond acceptors (Lipinski definition) is 5. The molecule has 0 amide bonds. The summed E-state index contributed by atoms with van der Waals surface area (Å²) in [5.41, 5.74) is 9.03. The second-order valence-electron chi connectivity index (χ2n) is 4.83. The van der Waals surface area contributed by atoms with Crippen LogP contribution in [0.15, 0.2) is 24.5 Å². The van der Waals surface area contributed by atoms with Crippen LogP contribution in [0.1, 0.15) is 18.4 Å². The maximum atomic E-state index is 5.78. The molecule has 0 spiro atoms. The van der Waals surface area contributed by atoms with Crippen LogP contribution in [0.5, 0.6) is 0 Å². The summed E-state index contributed by atoms with van der Waals surface area (Å²) in [6.07, 6.45) is 3.70. The number of nitrogens with one attached hydrogen (secondary N) is 1. The zero-order valence-corrected chi connectivity index (χ0v) is 10.2. The summed E-state index contributed by atoms with van der Waals surface area (Å²) >= 11 is 0. The molecule has 2 aromatic rings. The van der Waals surface area contributed by atoms with E-state index >= 15 is 0 Å². The van der Waals surface area contributed by atoms with Gasteiger partial charge < -0.3 is 11.1 Å². The third-order valence-corrected chi connectivity index (χ3v) is 3.34. The van der Waals surface area contributed by atoms with Crippen molar-refractivity contribution >= 4 is 5.69 Å². The van der Waals surface area contributed by atoms with Crippen LogP contribution in [0.4, 0.5) is 5.69 Å². The summed E-state index contributed by atoms with van der Waals surface area (Å²) in [7, 11) is 0. The Kier molecular flexibility index (Phi) is 2.71. The molecule has 0 bridgehead atoms. The number of benzene rings is 1. The van der Waals surface area contributed by atoms with Crippen molar-refractivity contribution in [2.24, 2.45) is 5.73 Å². The molecule has 0 atom stereocenters. The van der Waals surface area contributed by atoms with E-state index in [0.717, 1.165) is 29.8 Å². The van der Waals surface area contributed by atoms with Crippen molar-refractivity contribution in [3.8, 4) is 5.69 Å². The lowest BCUT2D eigenvalue weighted by molar-refractivity contribution is 0.373. The van der Waals surface area contributed by atoms with Crippen LogP contribution >= 0.6 is 0 Å². The fourth-order valence-electron chi connectivity index (χ4n) is 2.29.